The van der Waals surface area contributed by atoms with Gasteiger partial charge in [-0.1, -0.05) is 10.4 Å². The molecule has 3 heterocycles. The third-order valence-corrected chi connectivity index (χ3v) is 4.69. The number of carbonyl (C=O) groups is 2. The highest BCUT2D eigenvalue weighted by Gasteiger charge is 2.24. The summed E-state index contributed by atoms with van der Waals surface area (Å²) in [4.78, 5) is 27.9. The minimum Gasteiger partial charge on any atom is -0.351 e. The van der Waals surface area contributed by atoms with Gasteiger partial charge in [0.1, 0.15) is 6.17 Å². The van der Waals surface area contributed by atoms with E-state index < -0.39 is 18.0 Å². The fourth-order valence-electron chi connectivity index (χ4n) is 2.93. The number of halogens is 3. The molecule has 1 unspecified atom stereocenters. The zero-order chi connectivity index (χ0) is 24.7. The minimum absolute atomic E-state index is 0.0490. The van der Waals surface area contributed by atoms with E-state index in [0.717, 1.165) is 6.92 Å². The summed E-state index contributed by atoms with van der Waals surface area (Å²) in [6.45, 7) is 2.97. The molecule has 0 bridgehead atoms. The van der Waals surface area contributed by atoms with Gasteiger partial charge in [-0.25, -0.2) is 17.9 Å². The summed E-state index contributed by atoms with van der Waals surface area (Å²) >= 11 is 0. The largest absolute Gasteiger partial charge is 0.351 e. The van der Waals surface area contributed by atoms with Gasteiger partial charge in [-0.2, -0.15) is 0 Å². The summed E-state index contributed by atoms with van der Waals surface area (Å²) in [5.74, 6) is -3.98. The number of aromatic nitrogens is 7. The van der Waals surface area contributed by atoms with Crippen molar-refractivity contribution in [1.82, 2.24) is 45.6 Å². The molecule has 2 amide bonds. The van der Waals surface area contributed by atoms with Crippen molar-refractivity contribution in [1.29, 1.82) is 0 Å². The van der Waals surface area contributed by atoms with Crippen LogP contribution in [-0.2, 0) is 25.6 Å². The van der Waals surface area contributed by atoms with Crippen LogP contribution in [0.4, 0.5) is 13.2 Å². The van der Waals surface area contributed by atoms with E-state index >= 15 is 0 Å². The molecule has 0 saturated carbocycles. The van der Waals surface area contributed by atoms with Gasteiger partial charge >= 0.3 is 0 Å². The highest BCUT2D eigenvalue weighted by atomic mass is 19.3. The van der Waals surface area contributed by atoms with Gasteiger partial charge in [0.05, 0.1) is 31.2 Å². The van der Waals surface area contributed by atoms with Gasteiger partial charge in [-0.3, -0.25) is 19.3 Å². The maximum absolute atomic E-state index is 14.4. The van der Waals surface area contributed by atoms with Crippen molar-refractivity contribution in [2.24, 2.45) is 0 Å². The maximum Gasteiger partial charge on any atom is 0.273 e. The molecule has 1 atom stereocenters. The van der Waals surface area contributed by atoms with E-state index in [1.165, 1.54) is 40.1 Å². The van der Waals surface area contributed by atoms with Crippen molar-refractivity contribution < 1.29 is 22.8 Å². The van der Waals surface area contributed by atoms with E-state index in [1.54, 1.807) is 6.92 Å². The topological polar surface area (TPSA) is 133 Å². The summed E-state index contributed by atoms with van der Waals surface area (Å²) < 4.78 is 43.8. The molecule has 14 heteroatoms. The molecule has 0 aliphatic rings. The van der Waals surface area contributed by atoms with Gasteiger partial charge in [-0.05, 0) is 19.1 Å². The van der Waals surface area contributed by atoms with Gasteiger partial charge in [0.15, 0.2) is 11.4 Å². The van der Waals surface area contributed by atoms with E-state index in [-0.39, 0.29) is 54.6 Å². The standard InChI is InChI=1S/C20H24F3N9O2/c1-3-24-18(33)16-11-31(29-27-16)7-5-14(21)10-32-12-17(28-30-32)19(34)26-9-15-8-13(4-6-25-15)20(2,22)23/h4,6,8,11-12,14H,3,5,7,9-10H2,1-2H3,(H,24,33)(H,26,34). The van der Waals surface area contributed by atoms with Crippen molar-refractivity contribution in [2.75, 3.05) is 6.54 Å². The predicted octanol–water partition coefficient (Wildman–Crippen LogP) is 1.48. The lowest BCUT2D eigenvalue weighted by Crippen LogP contribution is -2.24. The Labute approximate surface area is 192 Å². The van der Waals surface area contributed by atoms with Crippen molar-refractivity contribution in [3.05, 3.63) is 53.4 Å². The van der Waals surface area contributed by atoms with Gasteiger partial charge in [0, 0.05) is 38.2 Å². The van der Waals surface area contributed by atoms with Crippen LogP contribution in [0.2, 0.25) is 0 Å². The molecule has 0 saturated heterocycles. The van der Waals surface area contributed by atoms with Crippen molar-refractivity contribution in [3.63, 3.8) is 0 Å². The molecule has 34 heavy (non-hydrogen) atoms. The number of hydrogen-bond acceptors (Lipinski definition) is 7. The molecule has 3 rings (SSSR count). The fourth-order valence-corrected chi connectivity index (χ4v) is 2.93. The van der Waals surface area contributed by atoms with Crippen LogP contribution < -0.4 is 10.6 Å². The first kappa shape index (κ1) is 24.8. The van der Waals surface area contributed by atoms with Gasteiger partial charge in [0.25, 0.3) is 17.7 Å². The van der Waals surface area contributed by atoms with Crippen LogP contribution in [0.1, 0.15) is 52.5 Å². The highest BCUT2D eigenvalue weighted by molar-refractivity contribution is 5.92. The van der Waals surface area contributed by atoms with Crippen molar-refractivity contribution in [3.8, 4) is 0 Å². The molecule has 0 aliphatic carbocycles. The summed E-state index contributed by atoms with van der Waals surface area (Å²) in [5.41, 5.74) is 0.145. The van der Waals surface area contributed by atoms with E-state index in [9.17, 15) is 22.8 Å². The average Bonchev–Trinajstić information content (AvgIpc) is 3.46. The number of rotatable bonds is 11. The Morgan fingerprint density at radius 3 is 2.41 bits per heavy atom. The Morgan fingerprint density at radius 1 is 1.09 bits per heavy atom. The first-order valence-corrected chi connectivity index (χ1v) is 10.5. The number of carbonyl (C=O) groups excluding carboxylic acids is 2. The van der Waals surface area contributed by atoms with Crippen LogP contribution in [0.15, 0.2) is 30.7 Å². The Bertz CT molecular complexity index is 1130. The third-order valence-electron chi connectivity index (χ3n) is 4.69. The van der Waals surface area contributed by atoms with E-state index in [2.05, 4.69) is 36.2 Å². The van der Waals surface area contributed by atoms with Gasteiger partial charge < -0.3 is 10.6 Å². The molecule has 0 radical (unpaired) electrons. The minimum atomic E-state index is -3.02. The van der Waals surface area contributed by atoms with Crippen LogP contribution in [0.3, 0.4) is 0 Å². The van der Waals surface area contributed by atoms with Crippen LogP contribution >= 0.6 is 0 Å². The maximum atomic E-state index is 14.4. The number of pyridine rings is 1. The number of hydrogen-bond donors (Lipinski definition) is 2. The molecular weight excluding hydrogens is 455 g/mol. The molecule has 0 fully saturated rings. The SMILES string of the molecule is CCNC(=O)c1cn(CCC(F)Cn2cc(C(=O)NCc3cc(C(C)(F)F)ccn3)nn2)nn1. The number of nitrogens with zero attached hydrogens (tertiary/aromatic N) is 7. The lowest BCUT2D eigenvalue weighted by atomic mass is 10.1. The Kier molecular flexibility index (Phi) is 7.91. The zero-order valence-corrected chi connectivity index (χ0v) is 18.6. The zero-order valence-electron chi connectivity index (χ0n) is 18.6. The molecule has 3 aromatic heterocycles. The fraction of sp³-hybridized carbons (Fsp3) is 0.450. The van der Waals surface area contributed by atoms with Crippen LogP contribution in [-0.4, -0.2) is 59.5 Å². The summed E-state index contributed by atoms with van der Waals surface area (Å²) in [5, 5.41) is 20.1. The van der Waals surface area contributed by atoms with Crippen molar-refractivity contribution in [2.45, 2.75) is 52.0 Å². The van der Waals surface area contributed by atoms with Crippen molar-refractivity contribution >= 4 is 11.8 Å². The summed E-state index contributed by atoms with van der Waals surface area (Å²) in [6, 6.07) is 2.41. The summed E-state index contributed by atoms with van der Waals surface area (Å²) in [7, 11) is 0. The number of nitrogens with one attached hydrogen (secondary N) is 2. The smallest absolute Gasteiger partial charge is 0.273 e. The lowest BCUT2D eigenvalue weighted by Gasteiger charge is -2.11. The molecular formula is C20H24F3N9O2. The van der Waals surface area contributed by atoms with E-state index in [4.69, 9.17) is 0 Å². The van der Waals surface area contributed by atoms with Crippen LogP contribution in [0.5, 0.6) is 0 Å². The second-order valence-corrected chi connectivity index (χ2v) is 7.54. The normalized spacial score (nSPS) is 12.4. The quantitative estimate of drug-likeness (QED) is 0.426. The van der Waals surface area contributed by atoms with Gasteiger partial charge in [-0.15, -0.1) is 10.2 Å². The second kappa shape index (κ2) is 10.9. The first-order chi connectivity index (χ1) is 16.2. The molecule has 182 valence electrons. The number of amides is 2. The Balaban J connectivity index is 1.47. The molecule has 11 nitrogen and oxygen atoms in total. The summed E-state index contributed by atoms with van der Waals surface area (Å²) in [6.07, 6.45) is 2.71. The molecule has 0 aromatic carbocycles. The van der Waals surface area contributed by atoms with Crippen LogP contribution in [0, 0.1) is 0 Å². The number of alkyl halides is 3. The number of aryl methyl sites for hydroxylation is 1. The average molecular weight is 479 g/mol. The van der Waals surface area contributed by atoms with Crippen LogP contribution in [0.25, 0.3) is 0 Å². The Morgan fingerprint density at radius 2 is 1.74 bits per heavy atom. The third kappa shape index (κ3) is 6.83. The Hall–Kier alpha value is -3.84. The molecule has 0 aliphatic heterocycles. The monoisotopic (exact) mass is 479 g/mol. The van der Waals surface area contributed by atoms with E-state index in [0.29, 0.717) is 6.54 Å². The lowest BCUT2D eigenvalue weighted by molar-refractivity contribution is 0.0173. The molecule has 3 aromatic rings. The molecule has 0 spiro atoms. The van der Waals surface area contributed by atoms with E-state index in [1.807, 2.05) is 0 Å². The second-order valence-electron chi connectivity index (χ2n) is 7.54. The van der Waals surface area contributed by atoms with Gasteiger partial charge in [0.2, 0.25) is 0 Å². The first-order valence-electron chi connectivity index (χ1n) is 10.5. The molecule has 2 N–H and O–H groups in total. The predicted molar refractivity (Wildman–Crippen MR) is 113 cm³/mol. The highest BCUT2D eigenvalue weighted by Crippen LogP contribution is 2.26.